The maximum Gasteiger partial charge on any atom is 0.149 e. The van der Waals surface area contributed by atoms with Crippen LogP contribution in [0.4, 0.5) is 0 Å². The van der Waals surface area contributed by atoms with Crippen molar-refractivity contribution < 1.29 is 0 Å². The van der Waals surface area contributed by atoms with Crippen molar-refractivity contribution in [3.8, 4) is 0 Å². The Kier molecular flexibility index (Phi) is 2.88. The summed E-state index contributed by atoms with van der Waals surface area (Å²) in [7, 11) is 0. The number of nitrogens with two attached hydrogens (primary N) is 1. The zero-order chi connectivity index (χ0) is 12.5. The largest absolute Gasteiger partial charge is 0.321 e. The van der Waals surface area contributed by atoms with E-state index in [1.807, 2.05) is 0 Å². The Balaban J connectivity index is 1.90. The first-order valence-electron chi connectivity index (χ1n) is 6.47. The van der Waals surface area contributed by atoms with Gasteiger partial charge in [-0.2, -0.15) is 0 Å². The fourth-order valence-electron chi connectivity index (χ4n) is 2.60. The molecular weight excluding hydrogens is 224 g/mol. The fraction of sp³-hybridized carbons (Fsp3) is 0.429. The van der Waals surface area contributed by atoms with E-state index in [1.54, 1.807) is 0 Å². The summed E-state index contributed by atoms with van der Waals surface area (Å²) in [6, 6.07) is 8.59. The molecule has 1 aromatic carbocycles. The smallest absolute Gasteiger partial charge is 0.149 e. The Morgan fingerprint density at radius 3 is 3.11 bits per heavy atom. The number of aryl methyl sites for hydroxylation is 1. The van der Waals surface area contributed by atoms with Gasteiger partial charge in [-0.05, 0) is 25.3 Å². The number of nitrogens with zero attached hydrogens (tertiary/aromatic N) is 3. The van der Waals surface area contributed by atoms with Crippen LogP contribution in [0.5, 0.6) is 0 Å². The van der Waals surface area contributed by atoms with Gasteiger partial charge in [0.05, 0.1) is 6.04 Å². The molecule has 0 saturated heterocycles. The van der Waals surface area contributed by atoms with Gasteiger partial charge in [-0.25, -0.2) is 0 Å². The average molecular weight is 242 g/mol. The van der Waals surface area contributed by atoms with Gasteiger partial charge in [0, 0.05) is 13.0 Å². The van der Waals surface area contributed by atoms with E-state index in [9.17, 15) is 0 Å². The monoisotopic (exact) mass is 242 g/mol. The summed E-state index contributed by atoms with van der Waals surface area (Å²) in [6.45, 7) is 3.11. The molecule has 2 N–H and O–H groups in total. The molecule has 3 rings (SSSR count). The quantitative estimate of drug-likeness (QED) is 0.876. The third kappa shape index (κ3) is 2.04. The molecule has 0 amide bonds. The minimum absolute atomic E-state index is 0.0532. The van der Waals surface area contributed by atoms with Crippen LogP contribution in [0.15, 0.2) is 24.3 Å². The van der Waals surface area contributed by atoms with Crippen LogP contribution in [0, 0.1) is 6.92 Å². The van der Waals surface area contributed by atoms with Gasteiger partial charge in [-0.15, -0.1) is 10.2 Å². The second-order valence-electron chi connectivity index (χ2n) is 5.04. The molecule has 0 aliphatic carbocycles. The summed E-state index contributed by atoms with van der Waals surface area (Å²) in [6.07, 6.45) is 2.97. The average Bonchev–Trinajstić information content (AvgIpc) is 2.74. The standard InChI is InChI=1S/C14H18N4/c1-10-4-2-5-11(8-10)9-13-16-17-14-12(15)6-3-7-18(13)14/h2,4-5,8,12H,3,6-7,9,15H2,1H3. The molecule has 4 heteroatoms. The molecular formula is C14H18N4. The Morgan fingerprint density at radius 2 is 2.28 bits per heavy atom. The summed E-state index contributed by atoms with van der Waals surface area (Å²) >= 11 is 0. The molecule has 1 aliphatic rings. The summed E-state index contributed by atoms with van der Waals surface area (Å²) < 4.78 is 2.19. The van der Waals surface area contributed by atoms with Crippen molar-refractivity contribution in [3.63, 3.8) is 0 Å². The number of fused-ring (bicyclic) bond motifs is 1. The van der Waals surface area contributed by atoms with E-state index in [1.165, 1.54) is 11.1 Å². The third-order valence-corrected chi connectivity index (χ3v) is 3.53. The Labute approximate surface area is 107 Å². The lowest BCUT2D eigenvalue weighted by atomic mass is 10.1. The SMILES string of the molecule is Cc1cccc(Cc2nnc3n2CCCC3N)c1. The molecule has 18 heavy (non-hydrogen) atoms. The molecule has 1 aromatic heterocycles. The summed E-state index contributed by atoms with van der Waals surface area (Å²) in [5.74, 6) is 1.98. The molecule has 4 nitrogen and oxygen atoms in total. The summed E-state index contributed by atoms with van der Waals surface area (Å²) in [5.41, 5.74) is 8.62. The van der Waals surface area contributed by atoms with Crippen molar-refractivity contribution in [1.29, 1.82) is 0 Å². The molecule has 2 heterocycles. The predicted molar refractivity (Wildman–Crippen MR) is 70.2 cm³/mol. The van der Waals surface area contributed by atoms with Crippen LogP contribution in [0.3, 0.4) is 0 Å². The minimum atomic E-state index is 0.0532. The molecule has 0 fully saturated rings. The lowest BCUT2D eigenvalue weighted by molar-refractivity contribution is 0.444. The van der Waals surface area contributed by atoms with Crippen LogP contribution >= 0.6 is 0 Å². The van der Waals surface area contributed by atoms with Crippen molar-refractivity contribution in [1.82, 2.24) is 14.8 Å². The van der Waals surface area contributed by atoms with Crippen LogP contribution in [0.25, 0.3) is 0 Å². The molecule has 0 radical (unpaired) electrons. The highest BCUT2D eigenvalue weighted by Gasteiger charge is 2.21. The highest BCUT2D eigenvalue weighted by Crippen LogP contribution is 2.23. The number of benzene rings is 1. The normalized spacial score (nSPS) is 18.7. The fourth-order valence-corrected chi connectivity index (χ4v) is 2.60. The van der Waals surface area contributed by atoms with Crippen LogP contribution in [-0.2, 0) is 13.0 Å². The van der Waals surface area contributed by atoms with Crippen LogP contribution < -0.4 is 5.73 Å². The van der Waals surface area contributed by atoms with Crippen LogP contribution in [-0.4, -0.2) is 14.8 Å². The minimum Gasteiger partial charge on any atom is -0.321 e. The third-order valence-electron chi connectivity index (χ3n) is 3.53. The van der Waals surface area contributed by atoms with Crippen LogP contribution in [0.2, 0.25) is 0 Å². The zero-order valence-corrected chi connectivity index (χ0v) is 10.6. The second kappa shape index (κ2) is 4.53. The van der Waals surface area contributed by atoms with Gasteiger partial charge in [0.25, 0.3) is 0 Å². The first kappa shape index (κ1) is 11.4. The van der Waals surface area contributed by atoms with Gasteiger partial charge in [-0.3, -0.25) is 0 Å². The molecule has 0 saturated carbocycles. The first-order chi connectivity index (χ1) is 8.74. The second-order valence-corrected chi connectivity index (χ2v) is 5.04. The Hall–Kier alpha value is -1.68. The van der Waals surface area contributed by atoms with E-state index >= 15 is 0 Å². The maximum absolute atomic E-state index is 6.05. The van der Waals surface area contributed by atoms with Crippen LogP contribution in [0.1, 0.15) is 41.7 Å². The highest BCUT2D eigenvalue weighted by atomic mass is 15.3. The number of hydrogen-bond acceptors (Lipinski definition) is 3. The van der Waals surface area contributed by atoms with Gasteiger partial charge in [0.1, 0.15) is 11.6 Å². The molecule has 0 spiro atoms. The molecule has 1 aliphatic heterocycles. The van der Waals surface area contributed by atoms with E-state index in [2.05, 4.69) is 46.0 Å². The number of hydrogen-bond donors (Lipinski definition) is 1. The van der Waals surface area contributed by atoms with E-state index in [0.29, 0.717) is 0 Å². The lowest BCUT2D eigenvalue weighted by Gasteiger charge is -2.20. The van der Waals surface area contributed by atoms with Gasteiger partial charge < -0.3 is 10.3 Å². The Morgan fingerprint density at radius 1 is 1.39 bits per heavy atom. The molecule has 2 aromatic rings. The number of rotatable bonds is 2. The molecule has 94 valence electrons. The highest BCUT2D eigenvalue weighted by molar-refractivity contribution is 5.25. The predicted octanol–water partition coefficient (Wildman–Crippen LogP) is 1.97. The van der Waals surface area contributed by atoms with E-state index < -0.39 is 0 Å². The van der Waals surface area contributed by atoms with Crippen molar-refractivity contribution in [3.05, 3.63) is 47.0 Å². The van der Waals surface area contributed by atoms with Crippen molar-refractivity contribution in [2.75, 3.05) is 0 Å². The van der Waals surface area contributed by atoms with Gasteiger partial charge >= 0.3 is 0 Å². The lowest BCUT2D eigenvalue weighted by Crippen LogP contribution is -2.23. The molecule has 1 unspecified atom stereocenters. The van der Waals surface area contributed by atoms with Gasteiger partial charge in [0.2, 0.25) is 0 Å². The van der Waals surface area contributed by atoms with Crippen molar-refractivity contribution >= 4 is 0 Å². The summed E-state index contributed by atoms with van der Waals surface area (Å²) in [5, 5.41) is 8.55. The molecule has 1 atom stereocenters. The Bertz CT molecular complexity index is 559. The van der Waals surface area contributed by atoms with Gasteiger partial charge in [0.15, 0.2) is 0 Å². The van der Waals surface area contributed by atoms with E-state index in [0.717, 1.165) is 37.5 Å². The first-order valence-corrected chi connectivity index (χ1v) is 6.47. The number of aromatic nitrogens is 3. The van der Waals surface area contributed by atoms with E-state index in [4.69, 9.17) is 5.73 Å². The maximum atomic E-state index is 6.05. The van der Waals surface area contributed by atoms with Gasteiger partial charge in [-0.1, -0.05) is 29.8 Å². The van der Waals surface area contributed by atoms with Crippen molar-refractivity contribution in [2.45, 2.75) is 38.8 Å². The van der Waals surface area contributed by atoms with Crippen molar-refractivity contribution in [2.24, 2.45) is 5.73 Å². The topological polar surface area (TPSA) is 56.7 Å². The summed E-state index contributed by atoms with van der Waals surface area (Å²) in [4.78, 5) is 0. The van der Waals surface area contributed by atoms with E-state index in [-0.39, 0.29) is 6.04 Å². The molecule has 0 bridgehead atoms. The zero-order valence-electron chi connectivity index (χ0n) is 10.6.